The number of carbonyl (C=O) groups is 1. The molecule has 0 saturated carbocycles. The zero-order valence-corrected chi connectivity index (χ0v) is 14.1. The van der Waals surface area contributed by atoms with Crippen molar-refractivity contribution in [1.29, 1.82) is 0 Å². The fourth-order valence-corrected chi connectivity index (χ4v) is 4.47. The van der Waals surface area contributed by atoms with Crippen LogP contribution in [0.5, 0.6) is 5.75 Å². The maximum Gasteiger partial charge on any atom is 0.277 e. The molecule has 2 heterocycles. The topological polar surface area (TPSA) is 95.3 Å². The van der Waals surface area contributed by atoms with Gasteiger partial charge in [-0.3, -0.25) is 14.3 Å². The number of aryl methyl sites for hydroxylation is 1. The molecule has 1 atom stereocenters. The highest BCUT2D eigenvalue weighted by molar-refractivity contribution is 8.00. The summed E-state index contributed by atoms with van der Waals surface area (Å²) in [6, 6.07) is 1.50. The van der Waals surface area contributed by atoms with Gasteiger partial charge in [0.25, 0.3) is 5.56 Å². The third-order valence-electron chi connectivity index (χ3n) is 4.43. The number of aromatic amines is 1. The van der Waals surface area contributed by atoms with Crippen molar-refractivity contribution in [2.75, 3.05) is 0 Å². The van der Waals surface area contributed by atoms with Crippen molar-refractivity contribution in [3.63, 3.8) is 0 Å². The summed E-state index contributed by atoms with van der Waals surface area (Å²) < 4.78 is 1.20. The molecule has 0 aliphatic carbocycles. The average molecular weight is 334 g/mol. The van der Waals surface area contributed by atoms with Gasteiger partial charge in [0.05, 0.1) is 5.56 Å². The van der Waals surface area contributed by atoms with Gasteiger partial charge in [-0.2, -0.15) is 0 Å². The lowest BCUT2D eigenvalue weighted by Gasteiger charge is -2.25. The zero-order valence-electron chi connectivity index (χ0n) is 13.3. The monoisotopic (exact) mass is 334 g/mol. The molecule has 3 rings (SSSR count). The van der Waals surface area contributed by atoms with Crippen LogP contribution >= 0.6 is 11.8 Å². The molecular formula is C16H18N2O4S. The number of benzene rings is 1. The van der Waals surface area contributed by atoms with E-state index in [2.05, 4.69) is 5.10 Å². The Labute approximate surface area is 137 Å². The summed E-state index contributed by atoms with van der Waals surface area (Å²) in [6.45, 7) is 5.53. The molecule has 0 bridgehead atoms. The van der Waals surface area contributed by atoms with E-state index in [1.807, 2.05) is 13.8 Å². The van der Waals surface area contributed by atoms with Crippen LogP contribution in [0.4, 0.5) is 0 Å². The quantitative estimate of drug-likeness (QED) is 0.726. The molecule has 1 aromatic carbocycles. The number of thioether (sulfide) groups is 1. The molecule has 0 radical (unpaired) electrons. The van der Waals surface area contributed by atoms with E-state index in [1.54, 1.807) is 6.92 Å². The molecule has 1 unspecified atom stereocenters. The summed E-state index contributed by atoms with van der Waals surface area (Å²) in [7, 11) is 1.52. The molecule has 1 aliphatic heterocycles. The number of hydrogen-bond acceptors (Lipinski definition) is 5. The van der Waals surface area contributed by atoms with Gasteiger partial charge in [-0.15, -0.1) is 0 Å². The minimum Gasteiger partial charge on any atom is -0.507 e. The number of aromatic nitrogens is 2. The lowest BCUT2D eigenvalue weighted by molar-refractivity contribution is 0.103. The van der Waals surface area contributed by atoms with Crippen LogP contribution in [-0.4, -0.2) is 31.2 Å². The number of fused-ring (bicyclic) bond motifs is 1. The van der Waals surface area contributed by atoms with Crippen LogP contribution < -0.4 is 5.56 Å². The van der Waals surface area contributed by atoms with Crippen LogP contribution in [0.25, 0.3) is 0 Å². The predicted molar refractivity (Wildman–Crippen MR) is 87.2 cm³/mol. The second-order valence-electron chi connectivity index (χ2n) is 6.34. The predicted octanol–water partition coefficient (Wildman–Crippen LogP) is 1.66. The normalized spacial score (nSPS) is 18.9. The Kier molecular flexibility index (Phi) is 3.46. The summed E-state index contributed by atoms with van der Waals surface area (Å²) in [5.74, 6) is -0.696. The molecule has 122 valence electrons. The fraction of sp³-hybridized carbons (Fsp3) is 0.375. The molecule has 1 aliphatic rings. The van der Waals surface area contributed by atoms with E-state index < -0.39 is 22.2 Å². The largest absolute Gasteiger partial charge is 0.507 e. The van der Waals surface area contributed by atoms with E-state index in [0.717, 1.165) is 10.5 Å². The summed E-state index contributed by atoms with van der Waals surface area (Å²) in [5.41, 5.74) is -0.108. The van der Waals surface area contributed by atoms with Crippen LogP contribution in [0.2, 0.25) is 0 Å². The number of aliphatic hydroxyl groups is 1. The molecular weight excluding hydrogens is 316 g/mol. The van der Waals surface area contributed by atoms with Gasteiger partial charge in [-0.05, 0) is 24.1 Å². The van der Waals surface area contributed by atoms with E-state index in [-0.39, 0.29) is 16.9 Å². The van der Waals surface area contributed by atoms with Crippen molar-refractivity contribution in [2.24, 2.45) is 7.05 Å². The maximum atomic E-state index is 12.8. The van der Waals surface area contributed by atoms with Crippen LogP contribution in [0.3, 0.4) is 0 Å². The first-order chi connectivity index (χ1) is 10.7. The Morgan fingerprint density at radius 3 is 2.65 bits per heavy atom. The standard InChI is InChI=1S/C16H18N2O4S/c1-7-11(13(20)8-6-17-18(4)14(8)21)9(19)5-10-12(7)16(2,3)15(22)23-10/h5-6,15,17,19,22H,1-4H3. The van der Waals surface area contributed by atoms with Crippen molar-refractivity contribution in [3.8, 4) is 5.75 Å². The summed E-state index contributed by atoms with van der Waals surface area (Å²) >= 11 is 1.26. The molecule has 23 heavy (non-hydrogen) atoms. The van der Waals surface area contributed by atoms with E-state index in [0.29, 0.717) is 5.56 Å². The average Bonchev–Trinajstić information content (AvgIpc) is 2.88. The molecule has 1 aromatic heterocycles. The molecule has 0 spiro atoms. The second-order valence-corrected chi connectivity index (χ2v) is 7.46. The zero-order chi connectivity index (χ0) is 17.1. The van der Waals surface area contributed by atoms with Gasteiger partial charge >= 0.3 is 0 Å². The maximum absolute atomic E-state index is 12.8. The third-order valence-corrected chi connectivity index (χ3v) is 5.82. The molecule has 3 N–H and O–H groups in total. The number of aromatic hydroxyl groups is 1. The van der Waals surface area contributed by atoms with Crippen LogP contribution in [-0.2, 0) is 12.5 Å². The Hall–Kier alpha value is -1.99. The first-order valence-corrected chi connectivity index (χ1v) is 8.05. The van der Waals surface area contributed by atoms with Crippen LogP contribution in [0.15, 0.2) is 22.0 Å². The lowest BCUT2D eigenvalue weighted by atomic mass is 9.80. The number of nitrogens with zero attached hydrogens (tertiary/aromatic N) is 1. The lowest BCUT2D eigenvalue weighted by Crippen LogP contribution is -2.28. The van der Waals surface area contributed by atoms with E-state index in [1.165, 1.54) is 35.8 Å². The van der Waals surface area contributed by atoms with Gasteiger partial charge in [0.1, 0.15) is 16.7 Å². The number of ketones is 1. The number of hydrogen-bond donors (Lipinski definition) is 3. The number of carbonyl (C=O) groups excluding carboxylic acids is 1. The fourth-order valence-electron chi connectivity index (χ4n) is 3.10. The van der Waals surface area contributed by atoms with Gasteiger partial charge in [-0.25, -0.2) is 0 Å². The summed E-state index contributed by atoms with van der Waals surface area (Å²) in [6.07, 6.45) is 1.34. The number of phenols is 1. The van der Waals surface area contributed by atoms with E-state index in [4.69, 9.17) is 0 Å². The Bertz CT molecular complexity index is 879. The minimum absolute atomic E-state index is 0.0187. The highest BCUT2D eigenvalue weighted by Gasteiger charge is 2.42. The number of phenolic OH excluding ortho intramolecular Hbond substituents is 1. The van der Waals surface area contributed by atoms with Crippen molar-refractivity contribution in [1.82, 2.24) is 9.78 Å². The summed E-state index contributed by atoms with van der Waals surface area (Å²) in [5, 5.41) is 23.2. The number of H-pyrrole nitrogens is 1. The summed E-state index contributed by atoms with van der Waals surface area (Å²) in [4.78, 5) is 25.5. The molecule has 0 amide bonds. The minimum atomic E-state index is -0.652. The van der Waals surface area contributed by atoms with Crippen molar-refractivity contribution in [2.45, 2.75) is 36.5 Å². The van der Waals surface area contributed by atoms with Gasteiger partial charge in [0, 0.05) is 23.6 Å². The van der Waals surface area contributed by atoms with Gasteiger partial charge in [0.15, 0.2) is 0 Å². The van der Waals surface area contributed by atoms with E-state index in [9.17, 15) is 19.8 Å². The molecule has 0 fully saturated rings. The molecule has 2 aromatic rings. The first-order valence-electron chi connectivity index (χ1n) is 7.17. The number of aliphatic hydroxyl groups excluding tert-OH is 1. The number of rotatable bonds is 2. The first kappa shape index (κ1) is 15.9. The highest BCUT2D eigenvalue weighted by atomic mass is 32.2. The van der Waals surface area contributed by atoms with Crippen LogP contribution in [0.1, 0.15) is 40.9 Å². The smallest absolute Gasteiger partial charge is 0.277 e. The molecule has 6 nitrogen and oxygen atoms in total. The van der Waals surface area contributed by atoms with Crippen molar-refractivity contribution >= 4 is 17.5 Å². The van der Waals surface area contributed by atoms with Gasteiger partial charge < -0.3 is 15.3 Å². The van der Waals surface area contributed by atoms with Crippen molar-refractivity contribution < 1.29 is 15.0 Å². The molecule has 0 saturated heterocycles. The SMILES string of the molecule is Cc1c(C(=O)c2c[nH]n(C)c2=O)c(O)cc2c1C(C)(C)C(O)S2. The van der Waals surface area contributed by atoms with Gasteiger partial charge in [0.2, 0.25) is 5.78 Å². The van der Waals surface area contributed by atoms with Crippen LogP contribution in [0, 0.1) is 6.92 Å². The highest BCUT2D eigenvalue weighted by Crippen LogP contribution is 2.51. The van der Waals surface area contributed by atoms with Gasteiger partial charge in [-0.1, -0.05) is 25.6 Å². The Morgan fingerprint density at radius 1 is 1.43 bits per heavy atom. The van der Waals surface area contributed by atoms with E-state index >= 15 is 0 Å². The Balaban J connectivity index is 2.23. The third kappa shape index (κ3) is 2.14. The number of nitrogens with one attached hydrogen (secondary N) is 1. The van der Waals surface area contributed by atoms with Crippen molar-refractivity contribution in [3.05, 3.63) is 44.9 Å². The molecule has 7 heteroatoms. The Morgan fingerprint density at radius 2 is 2.09 bits per heavy atom. The second kappa shape index (κ2) is 5.01.